The van der Waals surface area contributed by atoms with Crippen molar-refractivity contribution in [1.29, 1.82) is 0 Å². The molecule has 0 aliphatic heterocycles. The molecule has 1 aromatic carbocycles. The van der Waals surface area contributed by atoms with Crippen molar-refractivity contribution in [2.45, 2.75) is 40.7 Å². The number of aryl methyl sites for hydroxylation is 3. The van der Waals surface area contributed by atoms with Gasteiger partial charge in [-0.15, -0.1) is 0 Å². The van der Waals surface area contributed by atoms with E-state index in [0.29, 0.717) is 6.54 Å². The lowest BCUT2D eigenvalue weighted by Crippen LogP contribution is -2.38. The third-order valence-corrected chi connectivity index (χ3v) is 3.30. The van der Waals surface area contributed by atoms with Gasteiger partial charge in [-0.1, -0.05) is 17.7 Å². The number of rotatable bonds is 4. The minimum Gasteiger partial charge on any atom is -0.479 e. The molecule has 0 aliphatic rings. The maximum Gasteiger partial charge on any atom is 0.331 e. The number of carboxylic acids is 1. The van der Waals surface area contributed by atoms with Crippen LogP contribution < -0.4 is 0 Å². The van der Waals surface area contributed by atoms with Crippen LogP contribution in [0.15, 0.2) is 12.1 Å². The quantitative estimate of drug-likeness (QED) is 0.908. The molecule has 0 fully saturated rings. The van der Waals surface area contributed by atoms with Crippen molar-refractivity contribution in [3.63, 3.8) is 0 Å². The molecule has 4 nitrogen and oxygen atoms in total. The summed E-state index contributed by atoms with van der Waals surface area (Å²) in [6, 6.07) is 2.99. The van der Waals surface area contributed by atoms with Gasteiger partial charge in [0.15, 0.2) is 6.04 Å². The fourth-order valence-corrected chi connectivity index (χ4v) is 2.62. The molecule has 19 heavy (non-hydrogen) atoms. The molecule has 1 N–H and O–H groups in total. The van der Waals surface area contributed by atoms with Crippen LogP contribution in [0.25, 0.3) is 0 Å². The first-order valence-corrected chi connectivity index (χ1v) is 6.37. The molecule has 0 bridgehead atoms. The van der Waals surface area contributed by atoms with E-state index >= 15 is 0 Å². The molecule has 4 heteroatoms. The van der Waals surface area contributed by atoms with Gasteiger partial charge in [-0.2, -0.15) is 0 Å². The van der Waals surface area contributed by atoms with Crippen molar-refractivity contribution >= 4 is 11.9 Å². The van der Waals surface area contributed by atoms with Gasteiger partial charge in [0.1, 0.15) is 0 Å². The molecule has 0 spiro atoms. The molecule has 0 saturated carbocycles. The molecule has 1 aromatic rings. The van der Waals surface area contributed by atoms with E-state index in [0.717, 1.165) is 22.3 Å². The van der Waals surface area contributed by atoms with E-state index < -0.39 is 12.0 Å². The van der Waals surface area contributed by atoms with Crippen LogP contribution in [0.1, 0.15) is 42.1 Å². The number of carbonyl (C=O) groups excluding carboxylic acids is 1. The second-order valence-corrected chi connectivity index (χ2v) is 4.86. The summed E-state index contributed by atoms with van der Waals surface area (Å²) in [6.45, 7) is 9.31. The van der Waals surface area contributed by atoms with Gasteiger partial charge in [0.2, 0.25) is 5.91 Å². The Balaban J connectivity index is 3.43. The van der Waals surface area contributed by atoms with Crippen LogP contribution >= 0.6 is 0 Å². The molecule has 0 aromatic heterocycles. The Bertz CT molecular complexity index is 485. The van der Waals surface area contributed by atoms with Gasteiger partial charge in [0, 0.05) is 13.5 Å². The summed E-state index contributed by atoms with van der Waals surface area (Å²) in [5.74, 6) is -1.22. The second-order valence-electron chi connectivity index (χ2n) is 4.86. The fraction of sp³-hybridized carbons (Fsp3) is 0.467. The highest BCUT2D eigenvalue weighted by Crippen LogP contribution is 2.28. The fourth-order valence-electron chi connectivity index (χ4n) is 2.62. The van der Waals surface area contributed by atoms with Crippen LogP contribution in [-0.4, -0.2) is 28.4 Å². The number of aliphatic carboxylic acids is 1. The van der Waals surface area contributed by atoms with Crippen LogP contribution in [-0.2, 0) is 9.59 Å². The third-order valence-electron chi connectivity index (χ3n) is 3.30. The maximum absolute atomic E-state index is 11.6. The average Bonchev–Trinajstić information content (AvgIpc) is 2.25. The zero-order valence-corrected chi connectivity index (χ0v) is 12.2. The first kappa shape index (κ1) is 15.2. The molecule has 1 amide bonds. The highest BCUT2D eigenvalue weighted by Gasteiger charge is 2.30. The van der Waals surface area contributed by atoms with Gasteiger partial charge < -0.3 is 10.0 Å². The second kappa shape index (κ2) is 5.87. The maximum atomic E-state index is 11.6. The molecule has 1 atom stereocenters. The SMILES string of the molecule is CCN(C(C)=O)C(C(=O)O)c1c(C)cc(C)cc1C. The van der Waals surface area contributed by atoms with Crippen molar-refractivity contribution in [2.24, 2.45) is 0 Å². The van der Waals surface area contributed by atoms with E-state index in [1.165, 1.54) is 11.8 Å². The summed E-state index contributed by atoms with van der Waals surface area (Å²) in [4.78, 5) is 24.6. The predicted molar refractivity (Wildman–Crippen MR) is 74.1 cm³/mol. The van der Waals surface area contributed by atoms with Crippen LogP contribution in [0.2, 0.25) is 0 Å². The zero-order valence-electron chi connectivity index (χ0n) is 12.2. The number of hydrogen-bond acceptors (Lipinski definition) is 2. The van der Waals surface area contributed by atoms with Gasteiger partial charge >= 0.3 is 5.97 Å². The average molecular weight is 263 g/mol. The van der Waals surface area contributed by atoms with E-state index in [2.05, 4.69) is 0 Å². The molecule has 1 unspecified atom stereocenters. The van der Waals surface area contributed by atoms with Gasteiger partial charge in [-0.05, 0) is 44.4 Å². The Hall–Kier alpha value is -1.84. The standard InChI is InChI=1S/C15H21NO3/c1-6-16(12(5)17)14(15(18)19)13-10(3)7-9(2)8-11(13)4/h7-8,14H,6H2,1-5H3,(H,18,19). The molecule has 1 rings (SSSR count). The number of likely N-dealkylation sites (N-methyl/N-ethyl adjacent to an activating group) is 1. The van der Waals surface area contributed by atoms with Gasteiger partial charge in [0.05, 0.1) is 0 Å². The zero-order chi connectivity index (χ0) is 14.7. The van der Waals surface area contributed by atoms with Gasteiger partial charge in [-0.3, -0.25) is 4.79 Å². The van der Waals surface area contributed by atoms with Crippen molar-refractivity contribution in [3.8, 4) is 0 Å². The third kappa shape index (κ3) is 3.13. The van der Waals surface area contributed by atoms with E-state index in [4.69, 9.17) is 0 Å². The summed E-state index contributed by atoms with van der Waals surface area (Å²) in [6.07, 6.45) is 0. The Labute approximate surface area is 114 Å². The van der Waals surface area contributed by atoms with Crippen molar-refractivity contribution in [1.82, 2.24) is 4.90 Å². The van der Waals surface area contributed by atoms with Crippen molar-refractivity contribution in [2.75, 3.05) is 6.54 Å². The van der Waals surface area contributed by atoms with Crippen LogP contribution in [0, 0.1) is 20.8 Å². The summed E-state index contributed by atoms with van der Waals surface area (Å²) in [5.41, 5.74) is 3.62. The first-order valence-electron chi connectivity index (χ1n) is 6.37. The lowest BCUT2D eigenvalue weighted by Gasteiger charge is -2.29. The highest BCUT2D eigenvalue weighted by molar-refractivity contribution is 5.84. The van der Waals surface area contributed by atoms with Crippen molar-refractivity contribution in [3.05, 3.63) is 34.4 Å². The number of benzene rings is 1. The Morgan fingerprint density at radius 1 is 1.21 bits per heavy atom. The molecular weight excluding hydrogens is 242 g/mol. The summed E-state index contributed by atoms with van der Waals surface area (Å²) < 4.78 is 0. The summed E-state index contributed by atoms with van der Waals surface area (Å²) in [5, 5.41) is 9.50. The minimum absolute atomic E-state index is 0.228. The monoisotopic (exact) mass is 263 g/mol. The first-order chi connectivity index (χ1) is 8.79. The smallest absolute Gasteiger partial charge is 0.331 e. The Morgan fingerprint density at radius 2 is 1.68 bits per heavy atom. The van der Waals surface area contributed by atoms with Crippen LogP contribution in [0.5, 0.6) is 0 Å². The molecule has 0 saturated heterocycles. The van der Waals surface area contributed by atoms with Gasteiger partial charge in [0.25, 0.3) is 0 Å². The van der Waals surface area contributed by atoms with E-state index in [9.17, 15) is 14.7 Å². The van der Waals surface area contributed by atoms with Crippen LogP contribution in [0.4, 0.5) is 0 Å². The Morgan fingerprint density at radius 3 is 2.00 bits per heavy atom. The molecule has 0 heterocycles. The number of hydrogen-bond donors (Lipinski definition) is 1. The normalized spacial score (nSPS) is 12.1. The van der Waals surface area contributed by atoms with E-state index in [-0.39, 0.29) is 5.91 Å². The molecule has 0 radical (unpaired) electrons. The lowest BCUT2D eigenvalue weighted by molar-refractivity contribution is -0.149. The number of nitrogens with zero attached hydrogens (tertiary/aromatic N) is 1. The van der Waals surface area contributed by atoms with E-state index in [1.807, 2.05) is 32.9 Å². The van der Waals surface area contributed by atoms with E-state index in [1.54, 1.807) is 6.92 Å². The summed E-state index contributed by atoms with van der Waals surface area (Å²) in [7, 11) is 0. The van der Waals surface area contributed by atoms with Crippen molar-refractivity contribution < 1.29 is 14.7 Å². The Kier molecular flexibility index (Phi) is 4.70. The molecule has 0 aliphatic carbocycles. The number of amides is 1. The lowest BCUT2D eigenvalue weighted by atomic mass is 9.93. The van der Waals surface area contributed by atoms with Gasteiger partial charge in [-0.25, -0.2) is 4.79 Å². The molecular formula is C15H21NO3. The number of carboxylic acid groups (broad SMARTS) is 1. The van der Waals surface area contributed by atoms with Crippen LogP contribution in [0.3, 0.4) is 0 Å². The predicted octanol–water partition coefficient (Wildman–Crippen LogP) is 2.61. The largest absolute Gasteiger partial charge is 0.479 e. The number of carbonyl (C=O) groups is 2. The minimum atomic E-state index is -0.993. The molecule has 104 valence electrons. The topological polar surface area (TPSA) is 57.6 Å². The highest BCUT2D eigenvalue weighted by atomic mass is 16.4. The summed E-state index contributed by atoms with van der Waals surface area (Å²) >= 11 is 0.